The zero-order chi connectivity index (χ0) is 19.8. The van der Waals surface area contributed by atoms with E-state index in [1.54, 1.807) is 6.07 Å². The fraction of sp³-hybridized carbons (Fsp3) is 0.381. The number of nitrogens with one attached hydrogen (secondary N) is 2. The first kappa shape index (κ1) is 20.6. The number of aromatic nitrogens is 1. The van der Waals surface area contributed by atoms with Crippen LogP contribution in [0.1, 0.15) is 52.5 Å². The van der Waals surface area contributed by atoms with Gasteiger partial charge in [-0.25, -0.2) is 0 Å². The van der Waals surface area contributed by atoms with Gasteiger partial charge in [0.05, 0.1) is 11.1 Å². The van der Waals surface area contributed by atoms with Crippen LogP contribution in [0.5, 0.6) is 0 Å². The highest BCUT2D eigenvalue weighted by Crippen LogP contribution is 2.17. The molecular formula is C21H28N4O2. The Morgan fingerprint density at radius 1 is 1.04 bits per heavy atom. The van der Waals surface area contributed by atoms with Crippen LogP contribution in [0.2, 0.25) is 0 Å². The van der Waals surface area contributed by atoms with Gasteiger partial charge in [-0.2, -0.15) is 0 Å². The molecule has 27 heavy (non-hydrogen) atoms. The van der Waals surface area contributed by atoms with Crippen molar-refractivity contribution in [3.05, 3.63) is 59.4 Å². The molecule has 0 aliphatic heterocycles. The van der Waals surface area contributed by atoms with Gasteiger partial charge in [0.2, 0.25) is 0 Å². The fourth-order valence-corrected chi connectivity index (χ4v) is 2.54. The van der Waals surface area contributed by atoms with E-state index in [0.29, 0.717) is 29.3 Å². The predicted molar refractivity (Wildman–Crippen MR) is 108 cm³/mol. The van der Waals surface area contributed by atoms with Gasteiger partial charge in [-0.3, -0.25) is 14.6 Å². The lowest BCUT2D eigenvalue weighted by molar-refractivity contribution is 0.0952. The number of rotatable bonds is 8. The Morgan fingerprint density at radius 3 is 2.26 bits per heavy atom. The Morgan fingerprint density at radius 2 is 1.67 bits per heavy atom. The zero-order valence-electron chi connectivity index (χ0n) is 16.5. The van der Waals surface area contributed by atoms with Crippen LogP contribution in [0.3, 0.4) is 0 Å². The fourth-order valence-electron chi connectivity index (χ4n) is 2.54. The average molecular weight is 368 g/mol. The van der Waals surface area contributed by atoms with Gasteiger partial charge >= 0.3 is 0 Å². The maximum atomic E-state index is 12.5. The van der Waals surface area contributed by atoms with Crippen molar-refractivity contribution in [2.75, 3.05) is 32.5 Å². The molecule has 6 heteroatoms. The van der Waals surface area contributed by atoms with Gasteiger partial charge in [0.25, 0.3) is 11.8 Å². The van der Waals surface area contributed by atoms with E-state index < -0.39 is 0 Å². The van der Waals surface area contributed by atoms with Gasteiger partial charge in [-0.05, 0) is 56.7 Å². The SMILES string of the molecule is CC(C)c1ccc(NC(=O)c2cncc(C(=O)NCCCN(C)C)c2)cc1. The summed E-state index contributed by atoms with van der Waals surface area (Å²) in [7, 11) is 3.98. The van der Waals surface area contributed by atoms with Crippen molar-refractivity contribution in [2.45, 2.75) is 26.2 Å². The molecule has 0 fully saturated rings. The third-order valence-corrected chi connectivity index (χ3v) is 4.17. The maximum absolute atomic E-state index is 12.5. The van der Waals surface area contributed by atoms with Crippen LogP contribution < -0.4 is 10.6 Å². The molecule has 0 saturated carbocycles. The molecule has 0 unspecified atom stereocenters. The number of benzene rings is 1. The van der Waals surface area contributed by atoms with Crippen LogP contribution in [0, 0.1) is 0 Å². The highest BCUT2D eigenvalue weighted by Gasteiger charge is 2.12. The van der Waals surface area contributed by atoms with E-state index in [1.807, 2.05) is 38.4 Å². The molecule has 1 aromatic heterocycles. The second kappa shape index (κ2) is 9.83. The highest BCUT2D eigenvalue weighted by molar-refractivity contribution is 6.05. The van der Waals surface area contributed by atoms with E-state index in [2.05, 4.69) is 34.4 Å². The molecule has 2 amide bonds. The molecule has 0 radical (unpaired) electrons. The van der Waals surface area contributed by atoms with Gasteiger partial charge < -0.3 is 15.5 Å². The Bertz CT molecular complexity index is 770. The molecule has 0 saturated heterocycles. The summed E-state index contributed by atoms with van der Waals surface area (Å²) >= 11 is 0. The van der Waals surface area contributed by atoms with Crippen molar-refractivity contribution in [3.8, 4) is 0 Å². The minimum absolute atomic E-state index is 0.225. The minimum Gasteiger partial charge on any atom is -0.352 e. The average Bonchev–Trinajstić information content (AvgIpc) is 2.65. The predicted octanol–water partition coefficient (Wildman–Crippen LogP) is 3.14. The van der Waals surface area contributed by atoms with Crippen LogP contribution >= 0.6 is 0 Å². The van der Waals surface area contributed by atoms with Crippen molar-refractivity contribution in [1.82, 2.24) is 15.2 Å². The molecule has 0 bridgehead atoms. The zero-order valence-corrected chi connectivity index (χ0v) is 16.5. The lowest BCUT2D eigenvalue weighted by Gasteiger charge is -2.10. The summed E-state index contributed by atoms with van der Waals surface area (Å²) in [4.78, 5) is 30.8. The van der Waals surface area contributed by atoms with Crippen molar-refractivity contribution in [3.63, 3.8) is 0 Å². The van der Waals surface area contributed by atoms with Crippen LogP contribution in [0.15, 0.2) is 42.7 Å². The van der Waals surface area contributed by atoms with Crippen LogP contribution in [-0.2, 0) is 0 Å². The van der Waals surface area contributed by atoms with Gasteiger partial charge in [0, 0.05) is 24.6 Å². The molecule has 2 rings (SSSR count). The molecule has 1 heterocycles. The first-order valence-electron chi connectivity index (χ1n) is 9.16. The number of nitrogens with zero attached hydrogens (tertiary/aromatic N) is 2. The van der Waals surface area contributed by atoms with E-state index in [1.165, 1.54) is 18.0 Å². The third-order valence-electron chi connectivity index (χ3n) is 4.17. The standard InChI is InChI=1S/C21H28N4O2/c1-15(2)16-6-8-19(9-7-16)24-21(27)18-12-17(13-22-14-18)20(26)23-10-5-11-25(3)4/h6-9,12-15H,5,10-11H2,1-4H3,(H,23,26)(H,24,27). The van der Waals surface area contributed by atoms with Crippen molar-refractivity contribution in [2.24, 2.45) is 0 Å². The van der Waals surface area contributed by atoms with Gasteiger partial charge in [0.1, 0.15) is 0 Å². The van der Waals surface area contributed by atoms with E-state index >= 15 is 0 Å². The van der Waals surface area contributed by atoms with Crippen molar-refractivity contribution < 1.29 is 9.59 Å². The van der Waals surface area contributed by atoms with E-state index in [9.17, 15) is 9.59 Å². The number of hydrogen-bond donors (Lipinski definition) is 2. The van der Waals surface area contributed by atoms with Crippen molar-refractivity contribution in [1.29, 1.82) is 0 Å². The van der Waals surface area contributed by atoms with Crippen molar-refractivity contribution >= 4 is 17.5 Å². The van der Waals surface area contributed by atoms with Crippen LogP contribution in [0.25, 0.3) is 0 Å². The molecule has 0 spiro atoms. The third kappa shape index (κ3) is 6.49. The normalized spacial score (nSPS) is 10.9. The quantitative estimate of drug-likeness (QED) is 0.702. The lowest BCUT2D eigenvalue weighted by atomic mass is 10.0. The summed E-state index contributed by atoms with van der Waals surface area (Å²) < 4.78 is 0. The second-order valence-corrected chi connectivity index (χ2v) is 7.11. The molecule has 0 aliphatic rings. The first-order valence-corrected chi connectivity index (χ1v) is 9.16. The summed E-state index contributed by atoms with van der Waals surface area (Å²) in [6.07, 6.45) is 3.79. The molecule has 0 atom stereocenters. The summed E-state index contributed by atoms with van der Waals surface area (Å²) in [6, 6.07) is 9.31. The molecule has 0 aliphatic carbocycles. The number of anilines is 1. The number of carbonyl (C=O) groups excluding carboxylic acids is 2. The van der Waals surface area contributed by atoms with E-state index in [4.69, 9.17) is 0 Å². The number of pyridine rings is 1. The summed E-state index contributed by atoms with van der Waals surface area (Å²) in [5, 5.41) is 5.69. The van der Waals surface area contributed by atoms with Gasteiger partial charge in [0.15, 0.2) is 0 Å². The van der Waals surface area contributed by atoms with E-state index in [0.717, 1.165) is 13.0 Å². The monoisotopic (exact) mass is 368 g/mol. The molecule has 6 nitrogen and oxygen atoms in total. The molecule has 144 valence electrons. The molecule has 1 aromatic carbocycles. The number of carbonyl (C=O) groups is 2. The number of hydrogen-bond acceptors (Lipinski definition) is 4. The summed E-state index contributed by atoms with van der Waals surface area (Å²) in [5.41, 5.74) is 2.65. The topological polar surface area (TPSA) is 74.3 Å². The second-order valence-electron chi connectivity index (χ2n) is 7.11. The Kier molecular flexibility index (Phi) is 7.49. The maximum Gasteiger partial charge on any atom is 0.257 e. The Balaban J connectivity index is 1.97. The van der Waals surface area contributed by atoms with E-state index in [-0.39, 0.29) is 11.8 Å². The van der Waals surface area contributed by atoms with Gasteiger partial charge in [-0.15, -0.1) is 0 Å². The molecule has 2 aromatic rings. The number of amides is 2. The van der Waals surface area contributed by atoms with Gasteiger partial charge in [-0.1, -0.05) is 26.0 Å². The first-order chi connectivity index (χ1) is 12.9. The molecular weight excluding hydrogens is 340 g/mol. The van der Waals surface area contributed by atoms with Crippen LogP contribution in [-0.4, -0.2) is 48.9 Å². The largest absolute Gasteiger partial charge is 0.352 e. The lowest BCUT2D eigenvalue weighted by Crippen LogP contribution is -2.27. The Labute approximate surface area is 161 Å². The van der Waals surface area contributed by atoms with Crippen LogP contribution in [0.4, 0.5) is 5.69 Å². The molecule has 2 N–H and O–H groups in total. The minimum atomic E-state index is -0.290. The Hall–Kier alpha value is -2.73. The smallest absolute Gasteiger partial charge is 0.257 e. The highest BCUT2D eigenvalue weighted by atomic mass is 16.2. The summed E-state index contributed by atoms with van der Waals surface area (Å²) in [5.74, 6) is -0.0777. The summed E-state index contributed by atoms with van der Waals surface area (Å²) in [6.45, 7) is 5.72.